The van der Waals surface area contributed by atoms with Gasteiger partial charge in [0, 0.05) is 10.1 Å². The number of thioether (sulfide) groups is 1. The van der Waals surface area contributed by atoms with Gasteiger partial charge in [0.05, 0.1) is 7.11 Å². The van der Waals surface area contributed by atoms with Crippen LogP contribution < -0.4 is 4.74 Å². The van der Waals surface area contributed by atoms with E-state index in [1.807, 2.05) is 30.0 Å². The minimum atomic E-state index is 0.242. The molecule has 0 spiro atoms. The molecule has 0 aromatic heterocycles. The monoisotopic (exact) mass is 310 g/mol. The van der Waals surface area contributed by atoms with E-state index in [4.69, 9.17) is 4.74 Å². The summed E-state index contributed by atoms with van der Waals surface area (Å²) >= 11 is 1.82. The van der Waals surface area contributed by atoms with E-state index < -0.39 is 0 Å². The Hall–Kier alpha value is -2.00. The Bertz CT molecular complexity index is 717. The Balaban J connectivity index is 1.98. The van der Waals surface area contributed by atoms with Gasteiger partial charge in [-0.3, -0.25) is 4.79 Å². The quantitative estimate of drug-likeness (QED) is 0.760. The van der Waals surface area contributed by atoms with Gasteiger partial charge in [-0.25, -0.2) is 0 Å². The lowest BCUT2D eigenvalue weighted by Crippen LogP contribution is -1.96. The molecule has 1 aliphatic heterocycles. The highest BCUT2D eigenvalue weighted by Gasteiger charge is 2.20. The molecule has 3 heteroatoms. The number of carbonyl (C=O) groups excluding carboxylic acids is 1. The molecule has 0 saturated heterocycles. The maximum atomic E-state index is 11.4. The second-order valence-electron chi connectivity index (χ2n) is 5.46. The van der Waals surface area contributed by atoms with Gasteiger partial charge in [0.1, 0.15) is 12.0 Å². The number of carbonyl (C=O) groups is 1. The van der Waals surface area contributed by atoms with Gasteiger partial charge < -0.3 is 4.74 Å². The first-order valence-corrected chi connectivity index (χ1v) is 8.14. The van der Waals surface area contributed by atoms with Gasteiger partial charge in [0.2, 0.25) is 0 Å². The van der Waals surface area contributed by atoms with Crippen LogP contribution >= 0.6 is 11.8 Å². The first-order chi connectivity index (χ1) is 10.7. The van der Waals surface area contributed by atoms with Crippen LogP contribution in [-0.4, -0.2) is 13.4 Å². The molecule has 0 fully saturated rings. The molecule has 0 aliphatic carbocycles. The average Bonchev–Trinajstić information content (AvgIpc) is 2.73. The molecule has 2 aromatic rings. The highest BCUT2D eigenvalue weighted by Crippen LogP contribution is 2.44. The Morgan fingerprint density at radius 1 is 1.18 bits per heavy atom. The Morgan fingerprint density at radius 2 is 1.95 bits per heavy atom. The van der Waals surface area contributed by atoms with Gasteiger partial charge in [0.25, 0.3) is 0 Å². The number of hydrogen-bond donors (Lipinski definition) is 0. The molecule has 3 rings (SSSR count). The molecule has 0 N–H and O–H groups in total. The second-order valence-corrected chi connectivity index (χ2v) is 6.71. The Kier molecular flexibility index (Phi) is 4.34. The molecule has 0 bridgehead atoms. The van der Waals surface area contributed by atoms with E-state index >= 15 is 0 Å². The highest BCUT2D eigenvalue weighted by atomic mass is 32.2. The van der Waals surface area contributed by atoms with Crippen molar-refractivity contribution in [1.82, 2.24) is 0 Å². The number of aryl methyl sites for hydroxylation is 1. The molecular formula is C19H18O2S. The molecule has 1 unspecified atom stereocenters. The van der Waals surface area contributed by atoms with E-state index in [1.165, 1.54) is 16.0 Å². The maximum absolute atomic E-state index is 11.4. The molecular weight excluding hydrogens is 292 g/mol. The van der Waals surface area contributed by atoms with Crippen molar-refractivity contribution in [2.75, 3.05) is 7.11 Å². The zero-order valence-corrected chi connectivity index (χ0v) is 13.5. The summed E-state index contributed by atoms with van der Waals surface area (Å²) in [6.07, 6.45) is 3.74. The summed E-state index contributed by atoms with van der Waals surface area (Å²) in [7, 11) is 1.67. The van der Waals surface area contributed by atoms with Crippen LogP contribution in [0.3, 0.4) is 0 Å². The summed E-state index contributed by atoms with van der Waals surface area (Å²) in [6.45, 7) is 2.07. The Morgan fingerprint density at radius 3 is 2.64 bits per heavy atom. The van der Waals surface area contributed by atoms with Crippen LogP contribution in [0.5, 0.6) is 5.75 Å². The number of ether oxygens (including phenoxy) is 1. The van der Waals surface area contributed by atoms with Gasteiger partial charge in [0.15, 0.2) is 0 Å². The summed E-state index contributed by atoms with van der Waals surface area (Å²) in [6, 6.07) is 14.5. The van der Waals surface area contributed by atoms with Crippen LogP contribution in [0.25, 0.3) is 6.08 Å². The fourth-order valence-corrected chi connectivity index (χ4v) is 3.92. The smallest absolute Gasteiger partial charge is 0.146 e. The largest absolute Gasteiger partial charge is 0.497 e. The summed E-state index contributed by atoms with van der Waals surface area (Å²) in [5.41, 5.74) is 4.41. The van der Waals surface area contributed by atoms with Gasteiger partial charge in [-0.1, -0.05) is 29.8 Å². The van der Waals surface area contributed by atoms with Crippen molar-refractivity contribution >= 4 is 24.1 Å². The predicted octanol–water partition coefficient (Wildman–Crippen LogP) is 4.82. The van der Waals surface area contributed by atoms with Crippen molar-refractivity contribution in [3.63, 3.8) is 0 Å². The third kappa shape index (κ3) is 3.09. The number of aldehydes is 1. The van der Waals surface area contributed by atoms with Crippen LogP contribution in [0, 0.1) is 6.92 Å². The van der Waals surface area contributed by atoms with E-state index in [2.05, 4.69) is 37.3 Å². The maximum Gasteiger partial charge on any atom is 0.146 e. The topological polar surface area (TPSA) is 26.3 Å². The summed E-state index contributed by atoms with van der Waals surface area (Å²) in [5.74, 6) is 0.851. The molecule has 1 aliphatic rings. The molecule has 22 heavy (non-hydrogen) atoms. The van der Waals surface area contributed by atoms with E-state index in [9.17, 15) is 4.79 Å². The van der Waals surface area contributed by atoms with Crippen LogP contribution in [-0.2, 0) is 4.79 Å². The van der Waals surface area contributed by atoms with E-state index in [-0.39, 0.29) is 5.25 Å². The first kappa shape index (κ1) is 14.9. The molecule has 2 nitrogen and oxygen atoms in total. The molecule has 1 atom stereocenters. The highest BCUT2D eigenvalue weighted by molar-refractivity contribution is 7.99. The minimum absolute atomic E-state index is 0.242. The normalized spacial score (nSPS) is 17.2. The van der Waals surface area contributed by atoms with Crippen LogP contribution in [0.2, 0.25) is 0 Å². The van der Waals surface area contributed by atoms with Gasteiger partial charge in [-0.15, -0.1) is 11.8 Å². The van der Waals surface area contributed by atoms with Gasteiger partial charge in [-0.2, -0.15) is 0 Å². The lowest BCUT2D eigenvalue weighted by atomic mass is 10.0. The van der Waals surface area contributed by atoms with Gasteiger partial charge in [-0.05, 0) is 54.3 Å². The van der Waals surface area contributed by atoms with Gasteiger partial charge >= 0.3 is 0 Å². The van der Waals surface area contributed by atoms with Crippen LogP contribution in [0.1, 0.15) is 28.4 Å². The zero-order chi connectivity index (χ0) is 15.5. The van der Waals surface area contributed by atoms with Crippen molar-refractivity contribution in [2.45, 2.75) is 23.5 Å². The van der Waals surface area contributed by atoms with E-state index in [0.29, 0.717) is 0 Å². The lowest BCUT2D eigenvalue weighted by Gasteiger charge is -2.16. The lowest BCUT2D eigenvalue weighted by molar-refractivity contribution is -0.105. The molecule has 112 valence electrons. The number of fused-ring (bicyclic) bond motifs is 1. The summed E-state index contributed by atoms with van der Waals surface area (Å²) in [4.78, 5) is 12.6. The van der Waals surface area contributed by atoms with Crippen molar-refractivity contribution < 1.29 is 9.53 Å². The summed E-state index contributed by atoms with van der Waals surface area (Å²) < 4.78 is 5.22. The van der Waals surface area contributed by atoms with Crippen molar-refractivity contribution in [3.8, 4) is 5.75 Å². The number of hydrogen-bond acceptors (Lipinski definition) is 3. The summed E-state index contributed by atoms with van der Waals surface area (Å²) in [5, 5.41) is 0.242. The van der Waals surface area contributed by atoms with Crippen LogP contribution in [0.15, 0.2) is 52.9 Å². The van der Waals surface area contributed by atoms with Crippen molar-refractivity contribution in [2.24, 2.45) is 0 Å². The number of methoxy groups -OCH3 is 1. The fraction of sp³-hybridized carbons (Fsp3) is 0.211. The first-order valence-electron chi connectivity index (χ1n) is 7.26. The predicted molar refractivity (Wildman–Crippen MR) is 91.4 cm³/mol. The van der Waals surface area contributed by atoms with Crippen molar-refractivity contribution in [3.05, 3.63) is 64.7 Å². The van der Waals surface area contributed by atoms with Crippen molar-refractivity contribution in [1.29, 1.82) is 0 Å². The molecule has 0 saturated carbocycles. The third-order valence-corrected chi connectivity index (χ3v) is 5.18. The Labute approximate surface area is 135 Å². The fourth-order valence-electron chi connectivity index (χ4n) is 2.64. The number of benzene rings is 2. The molecule has 2 aromatic carbocycles. The second kappa shape index (κ2) is 6.41. The molecule has 1 heterocycles. The van der Waals surface area contributed by atoms with E-state index in [1.54, 1.807) is 7.11 Å². The van der Waals surface area contributed by atoms with E-state index in [0.717, 1.165) is 29.6 Å². The zero-order valence-electron chi connectivity index (χ0n) is 12.7. The van der Waals surface area contributed by atoms with Crippen LogP contribution in [0.4, 0.5) is 0 Å². The SMILES string of the molecule is COc1ccc(C2CC(C=O)=Cc3cc(C)ccc3S2)cc1. The number of rotatable bonds is 3. The molecule has 0 amide bonds. The standard InChI is InChI=1S/C19H18O2S/c1-13-3-8-18-16(9-13)10-14(12-20)11-19(22-18)15-4-6-17(21-2)7-5-15/h3-10,12,19H,11H2,1-2H3. The average molecular weight is 310 g/mol. The minimum Gasteiger partial charge on any atom is -0.497 e. The number of allylic oxidation sites excluding steroid dienone is 1. The molecule has 0 radical (unpaired) electrons. The third-order valence-electron chi connectivity index (χ3n) is 3.84.